The van der Waals surface area contributed by atoms with Gasteiger partial charge < -0.3 is 10.3 Å². The molecule has 22 heavy (non-hydrogen) atoms. The van der Waals surface area contributed by atoms with Crippen molar-refractivity contribution in [2.45, 2.75) is 38.6 Å². The molecular formula is C16H19N3O2S. The van der Waals surface area contributed by atoms with Crippen LogP contribution in [0.2, 0.25) is 0 Å². The minimum atomic E-state index is -0.244. The third kappa shape index (κ3) is 2.97. The van der Waals surface area contributed by atoms with Crippen molar-refractivity contribution in [1.29, 1.82) is 0 Å². The van der Waals surface area contributed by atoms with Crippen LogP contribution in [0.25, 0.3) is 10.9 Å². The lowest BCUT2D eigenvalue weighted by molar-refractivity contribution is 0.0910. The van der Waals surface area contributed by atoms with E-state index in [1.807, 2.05) is 0 Å². The van der Waals surface area contributed by atoms with Crippen molar-refractivity contribution in [2.24, 2.45) is 5.92 Å². The molecule has 0 unspecified atom stereocenters. The molecule has 0 bridgehead atoms. The Morgan fingerprint density at radius 1 is 1.27 bits per heavy atom. The molecule has 1 aromatic heterocycles. The van der Waals surface area contributed by atoms with Crippen molar-refractivity contribution < 1.29 is 4.79 Å². The molecule has 0 saturated heterocycles. The number of rotatable bonds is 2. The first-order valence-corrected chi connectivity index (χ1v) is 8.02. The zero-order valence-corrected chi connectivity index (χ0v) is 13.3. The number of aromatic nitrogens is 2. The van der Waals surface area contributed by atoms with Crippen LogP contribution in [0.1, 0.15) is 43.0 Å². The summed E-state index contributed by atoms with van der Waals surface area (Å²) < 4.78 is 0.260. The summed E-state index contributed by atoms with van der Waals surface area (Å²) in [6.45, 7) is 2.18. The Balaban J connectivity index is 1.88. The molecule has 3 N–H and O–H groups in total. The molecule has 1 saturated carbocycles. The monoisotopic (exact) mass is 317 g/mol. The maximum atomic E-state index is 12.4. The maximum absolute atomic E-state index is 12.4. The minimum absolute atomic E-state index is 0.0970. The van der Waals surface area contributed by atoms with E-state index in [9.17, 15) is 9.59 Å². The Morgan fingerprint density at radius 2 is 2.05 bits per heavy atom. The molecule has 0 radical (unpaired) electrons. The predicted molar refractivity (Wildman–Crippen MR) is 88.6 cm³/mol. The normalized spacial score (nSPS) is 21.7. The van der Waals surface area contributed by atoms with E-state index in [2.05, 4.69) is 22.2 Å². The number of carbonyl (C=O) groups is 1. The predicted octanol–water partition coefficient (Wildman–Crippen LogP) is 2.89. The average Bonchev–Trinajstić information content (AvgIpc) is 2.48. The van der Waals surface area contributed by atoms with E-state index >= 15 is 0 Å². The minimum Gasteiger partial charge on any atom is -0.349 e. The van der Waals surface area contributed by atoms with Gasteiger partial charge in [-0.1, -0.05) is 19.8 Å². The Labute approximate surface area is 133 Å². The van der Waals surface area contributed by atoms with Gasteiger partial charge in [-0.2, -0.15) is 0 Å². The van der Waals surface area contributed by atoms with Crippen molar-refractivity contribution in [3.05, 3.63) is 38.9 Å². The summed E-state index contributed by atoms with van der Waals surface area (Å²) in [4.78, 5) is 29.7. The van der Waals surface area contributed by atoms with E-state index in [4.69, 9.17) is 12.2 Å². The number of aromatic amines is 2. The van der Waals surface area contributed by atoms with Gasteiger partial charge in [-0.15, -0.1) is 0 Å². The topological polar surface area (TPSA) is 77.8 Å². The van der Waals surface area contributed by atoms with Crippen molar-refractivity contribution in [3.63, 3.8) is 0 Å². The molecule has 1 heterocycles. The van der Waals surface area contributed by atoms with E-state index in [1.165, 1.54) is 6.42 Å². The first kappa shape index (κ1) is 15.0. The van der Waals surface area contributed by atoms with Gasteiger partial charge in [0, 0.05) is 11.6 Å². The number of hydrogen-bond acceptors (Lipinski definition) is 3. The largest absolute Gasteiger partial charge is 0.349 e. The SMILES string of the molecule is C[C@H]1CCCC[C@@H]1NC(=O)c1ccc2c(=O)[nH]c(=S)[nH]c2c1. The van der Waals surface area contributed by atoms with E-state index in [0.29, 0.717) is 22.4 Å². The fraction of sp³-hybridized carbons (Fsp3) is 0.438. The zero-order chi connectivity index (χ0) is 15.7. The Bertz CT molecular complexity index is 824. The first-order chi connectivity index (χ1) is 10.5. The quantitative estimate of drug-likeness (QED) is 0.745. The Hall–Kier alpha value is -1.95. The number of carbonyl (C=O) groups excluding carboxylic acids is 1. The number of hydrogen-bond donors (Lipinski definition) is 3. The lowest BCUT2D eigenvalue weighted by Gasteiger charge is -2.29. The van der Waals surface area contributed by atoms with Gasteiger partial charge in [-0.05, 0) is 49.2 Å². The van der Waals surface area contributed by atoms with E-state index in [0.717, 1.165) is 19.3 Å². The van der Waals surface area contributed by atoms with Crippen LogP contribution >= 0.6 is 12.2 Å². The maximum Gasteiger partial charge on any atom is 0.259 e. The molecule has 2 atom stereocenters. The summed E-state index contributed by atoms with van der Waals surface area (Å²) >= 11 is 4.97. The third-order valence-electron chi connectivity index (χ3n) is 4.43. The van der Waals surface area contributed by atoms with Crippen LogP contribution in [0.3, 0.4) is 0 Å². The van der Waals surface area contributed by atoms with Gasteiger partial charge in [0.1, 0.15) is 0 Å². The van der Waals surface area contributed by atoms with Crippen LogP contribution in [0.15, 0.2) is 23.0 Å². The summed E-state index contributed by atoms with van der Waals surface area (Å²) in [5.74, 6) is 0.409. The van der Waals surface area contributed by atoms with Gasteiger partial charge >= 0.3 is 0 Å². The van der Waals surface area contributed by atoms with Gasteiger partial charge in [0.05, 0.1) is 10.9 Å². The van der Waals surface area contributed by atoms with Crippen molar-refractivity contribution in [1.82, 2.24) is 15.3 Å². The highest BCUT2D eigenvalue weighted by atomic mass is 32.1. The lowest BCUT2D eigenvalue weighted by atomic mass is 9.86. The molecule has 0 spiro atoms. The molecule has 2 aromatic rings. The summed E-state index contributed by atoms with van der Waals surface area (Å²) in [7, 11) is 0. The molecule has 1 fully saturated rings. The summed E-state index contributed by atoms with van der Waals surface area (Å²) in [5.41, 5.74) is 0.881. The second-order valence-corrected chi connectivity index (χ2v) is 6.42. The third-order valence-corrected chi connectivity index (χ3v) is 4.63. The highest BCUT2D eigenvalue weighted by Gasteiger charge is 2.23. The molecule has 1 aromatic carbocycles. The van der Waals surface area contributed by atoms with E-state index in [-0.39, 0.29) is 22.3 Å². The number of benzene rings is 1. The smallest absolute Gasteiger partial charge is 0.259 e. The summed E-state index contributed by atoms with van der Waals surface area (Å²) in [6, 6.07) is 5.24. The van der Waals surface area contributed by atoms with Crippen molar-refractivity contribution in [3.8, 4) is 0 Å². The van der Waals surface area contributed by atoms with Crippen LogP contribution in [0.4, 0.5) is 0 Å². The second-order valence-electron chi connectivity index (χ2n) is 6.01. The highest BCUT2D eigenvalue weighted by molar-refractivity contribution is 7.71. The summed E-state index contributed by atoms with van der Waals surface area (Å²) in [5, 5.41) is 3.61. The van der Waals surface area contributed by atoms with Crippen LogP contribution in [-0.2, 0) is 0 Å². The van der Waals surface area contributed by atoms with Gasteiger partial charge in [-0.3, -0.25) is 14.6 Å². The molecule has 0 aliphatic heterocycles. The molecular weight excluding hydrogens is 298 g/mol. The zero-order valence-electron chi connectivity index (χ0n) is 12.4. The van der Waals surface area contributed by atoms with Crippen LogP contribution in [0.5, 0.6) is 0 Å². The second kappa shape index (κ2) is 6.04. The number of H-pyrrole nitrogens is 2. The fourth-order valence-electron chi connectivity index (χ4n) is 3.09. The van der Waals surface area contributed by atoms with Gasteiger partial charge in [-0.25, -0.2) is 0 Å². The molecule has 5 nitrogen and oxygen atoms in total. The van der Waals surface area contributed by atoms with E-state index < -0.39 is 0 Å². The Morgan fingerprint density at radius 3 is 2.82 bits per heavy atom. The lowest BCUT2D eigenvalue weighted by Crippen LogP contribution is -2.41. The fourth-order valence-corrected chi connectivity index (χ4v) is 3.30. The molecule has 1 amide bonds. The van der Waals surface area contributed by atoms with Gasteiger partial charge in [0.15, 0.2) is 4.77 Å². The molecule has 116 valence electrons. The van der Waals surface area contributed by atoms with Gasteiger partial charge in [0.25, 0.3) is 11.5 Å². The molecule has 6 heteroatoms. The van der Waals surface area contributed by atoms with Crippen LogP contribution < -0.4 is 10.9 Å². The van der Waals surface area contributed by atoms with Gasteiger partial charge in [0.2, 0.25) is 0 Å². The van der Waals surface area contributed by atoms with Crippen molar-refractivity contribution in [2.75, 3.05) is 0 Å². The highest BCUT2D eigenvalue weighted by Crippen LogP contribution is 2.24. The van der Waals surface area contributed by atoms with Crippen LogP contribution in [-0.4, -0.2) is 21.9 Å². The molecule has 3 rings (SSSR count). The molecule has 1 aliphatic carbocycles. The number of nitrogens with one attached hydrogen (secondary N) is 3. The average molecular weight is 317 g/mol. The standard InChI is InChI=1S/C16H19N3O2S/c1-9-4-2-3-5-12(9)17-14(20)10-6-7-11-13(8-10)18-16(22)19-15(11)21/h6-9,12H,2-5H2,1H3,(H,17,20)(H2,18,19,21,22)/t9-,12-/m0/s1. The van der Waals surface area contributed by atoms with Crippen LogP contribution in [0, 0.1) is 10.7 Å². The first-order valence-electron chi connectivity index (χ1n) is 7.62. The number of fused-ring (bicyclic) bond motifs is 1. The van der Waals surface area contributed by atoms with E-state index in [1.54, 1.807) is 18.2 Å². The molecule has 1 aliphatic rings. The number of amides is 1. The summed E-state index contributed by atoms with van der Waals surface area (Å²) in [6.07, 6.45) is 4.59. The Kier molecular flexibility index (Phi) is 4.11. The van der Waals surface area contributed by atoms with Crippen molar-refractivity contribution >= 4 is 29.0 Å².